The summed E-state index contributed by atoms with van der Waals surface area (Å²) in [5.74, 6) is 0.752. The number of aromatic nitrogens is 1. The van der Waals surface area contributed by atoms with Gasteiger partial charge in [-0.1, -0.05) is 0 Å². The van der Waals surface area contributed by atoms with Crippen molar-refractivity contribution >= 4 is 5.69 Å². The molecule has 3 N–H and O–H groups in total. The van der Waals surface area contributed by atoms with Crippen molar-refractivity contribution in [3.8, 4) is 5.75 Å². The normalized spacial score (nSPS) is 20.2. The lowest BCUT2D eigenvalue weighted by Gasteiger charge is -2.27. The molecule has 1 saturated heterocycles. The summed E-state index contributed by atoms with van der Waals surface area (Å²) in [6, 6.07) is 2.32. The molecule has 0 bridgehead atoms. The maximum absolute atomic E-state index is 5.72. The van der Waals surface area contributed by atoms with Gasteiger partial charge in [0.2, 0.25) is 0 Å². The van der Waals surface area contributed by atoms with Crippen LogP contribution in [0.2, 0.25) is 0 Å². The Labute approximate surface area is 83.5 Å². The number of nitrogens with zero attached hydrogens (tertiary/aromatic N) is 1. The summed E-state index contributed by atoms with van der Waals surface area (Å²) in [4.78, 5) is 4.13. The fourth-order valence-corrected chi connectivity index (χ4v) is 1.30. The minimum Gasteiger partial charge on any atom is -0.490 e. The largest absolute Gasteiger partial charge is 0.490 e. The summed E-state index contributed by atoms with van der Waals surface area (Å²) in [6.07, 6.45) is 2.90. The highest BCUT2D eigenvalue weighted by Gasteiger charge is 2.16. The minimum atomic E-state index is 0.498. The van der Waals surface area contributed by atoms with Crippen LogP contribution in [0.15, 0.2) is 12.3 Å². The molecule has 76 valence electrons. The Kier molecular flexibility index (Phi) is 2.54. The van der Waals surface area contributed by atoms with Crippen LogP contribution in [0.4, 0.5) is 5.69 Å². The van der Waals surface area contributed by atoms with Crippen LogP contribution < -0.4 is 15.8 Å². The topological polar surface area (TPSA) is 60.2 Å². The second kappa shape index (κ2) is 3.84. The molecule has 0 saturated carbocycles. The van der Waals surface area contributed by atoms with E-state index < -0.39 is 0 Å². The molecule has 0 aliphatic carbocycles. The summed E-state index contributed by atoms with van der Waals surface area (Å²) in [5.41, 5.74) is 7.25. The molecule has 2 rings (SSSR count). The zero-order valence-electron chi connectivity index (χ0n) is 8.29. The summed E-state index contributed by atoms with van der Waals surface area (Å²) in [6.45, 7) is 3.68. The summed E-state index contributed by atoms with van der Waals surface area (Å²) >= 11 is 0. The van der Waals surface area contributed by atoms with Crippen molar-refractivity contribution in [1.82, 2.24) is 10.3 Å². The van der Waals surface area contributed by atoms with E-state index in [0.29, 0.717) is 18.3 Å². The maximum Gasteiger partial charge on any atom is 0.139 e. The molecule has 1 atom stereocenters. The molecule has 0 radical (unpaired) electrons. The van der Waals surface area contributed by atoms with Gasteiger partial charge in [-0.15, -0.1) is 0 Å². The molecule has 0 amide bonds. The van der Waals surface area contributed by atoms with Crippen molar-refractivity contribution in [2.45, 2.75) is 19.4 Å². The Morgan fingerprint density at radius 2 is 2.50 bits per heavy atom. The molecule has 1 aromatic heterocycles. The fourth-order valence-electron chi connectivity index (χ4n) is 1.30. The first kappa shape index (κ1) is 9.27. The zero-order valence-corrected chi connectivity index (χ0v) is 8.29. The number of pyridine rings is 1. The minimum absolute atomic E-state index is 0.498. The van der Waals surface area contributed by atoms with Crippen LogP contribution in [0.5, 0.6) is 5.75 Å². The lowest BCUT2D eigenvalue weighted by Crippen LogP contribution is -2.46. The van der Waals surface area contributed by atoms with Crippen molar-refractivity contribution in [1.29, 1.82) is 0 Å². The van der Waals surface area contributed by atoms with Gasteiger partial charge in [0.15, 0.2) is 0 Å². The smallest absolute Gasteiger partial charge is 0.139 e. The van der Waals surface area contributed by atoms with Crippen LogP contribution in [0.1, 0.15) is 12.1 Å². The third-order valence-electron chi connectivity index (χ3n) is 2.48. The lowest BCUT2D eigenvalue weighted by atomic mass is 10.1. The van der Waals surface area contributed by atoms with E-state index in [0.717, 1.165) is 18.0 Å². The van der Waals surface area contributed by atoms with Crippen LogP contribution in [0.25, 0.3) is 0 Å². The van der Waals surface area contributed by atoms with Gasteiger partial charge in [-0.2, -0.15) is 0 Å². The van der Waals surface area contributed by atoms with E-state index in [1.54, 1.807) is 6.20 Å². The van der Waals surface area contributed by atoms with Crippen molar-refractivity contribution in [3.05, 3.63) is 18.0 Å². The first-order valence-corrected chi connectivity index (χ1v) is 4.84. The molecule has 4 heteroatoms. The predicted molar refractivity (Wildman–Crippen MR) is 55.3 cm³/mol. The highest BCUT2D eigenvalue weighted by atomic mass is 16.5. The number of aryl methyl sites for hydroxylation is 1. The fraction of sp³-hybridized carbons (Fsp3) is 0.500. The van der Waals surface area contributed by atoms with Gasteiger partial charge in [0, 0.05) is 12.1 Å². The van der Waals surface area contributed by atoms with Gasteiger partial charge >= 0.3 is 0 Å². The summed E-state index contributed by atoms with van der Waals surface area (Å²) < 4.78 is 5.54. The van der Waals surface area contributed by atoms with Crippen LogP contribution in [0.3, 0.4) is 0 Å². The van der Waals surface area contributed by atoms with Crippen molar-refractivity contribution in [3.63, 3.8) is 0 Å². The standard InChI is InChI=1S/C10H15N3O/c1-7-10(11)4-9(5-13-7)14-6-8-2-3-12-8/h4-5,8,12H,2-3,6,11H2,1H3/t8-/m1/s1. The van der Waals surface area contributed by atoms with Gasteiger partial charge < -0.3 is 15.8 Å². The Hall–Kier alpha value is -1.29. The number of nitrogens with two attached hydrogens (primary N) is 1. The van der Waals surface area contributed by atoms with E-state index in [2.05, 4.69) is 10.3 Å². The van der Waals surface area contributed by atoms with E-state index in [4.69, 9.17) is 10.5 Å². The molecule has 0 unspecified atom stereocenters. The van der Waals surface area contributed by atoms with Gasteiger partial charge in [-0.3, -0.25) is 4.98 Å². The molecule has 0 spiro atoms. The van der Waals surface area contributed by atoms with Crippen molar-refractivity contribution < 1.29 is 4.74 Å². The Balaban J connectivity index is 1.91. The number of rotatable bonds is 3. The van der Waals surface area contributed by atoms with E-state index in [1.165, 1.54) is 6.42 Å². The number of hydrogen-bond acceptors (Lipinski definition) is 4. The van der Waals surface area contributed by atoms with Gasteiger partial charge in [0.25, 0.3) is 0 Å². The third kappa shape index (κ3) is 1.96. The number of nitrogens with one attached hydrogen (secondary N) is 1. The Morgan fingerprint density at radius 3 is 3.07 bits per heavy atom. The monoisotopic (exact) mass is 193 g/mol. The summed E-state index contributed by atoms with van der Waals surface area (Å²) in [5, 5.41) is 3.27. The second-order valence-corrected chi connectivity index (χ2v) is 3.60. The maximum atomic E-state index is 5.72. The molecule has 14 heavy (non-hydrogen) atoms. The Bertz CT molecular complexity index is 323. The van der Waals surface area contributed by atoms with Crippen LogP contribution >= 0.6 is 0 Å². The van der Waals surface area contributed by atoms with Gasteiger partial charge in [-0.05, 0) is 19.9 Å². The first-order valence-electron chi connectivity index (χ1n) is 4.84. The molecular formula is C10H15N3O. The molecular weight excluding hydrogens is 178 g/mol. The molecule has 0 aromatic carbocycles. The van der Waals surface area contributed by atoms with Gasteiger partial charge in [-0.25, -0.2) is 0 Å². The van der Waals surface area contributed by atoms with Crippen molar-refractivity contribution in [2.75, 3.05) is 18.9 Å². The van der Waals surface area contributed by atoms with Crippen LogP contribution in [-0.4, -0.2) is 24.2 Å². The van der Waals surface area contributed by atoms with Crippen molar-refractivity contribution in [2.24, 2.45) is 0 Å². The molecule has 1 aliphatic rings. The molecule has 1 fully saturated rings. The van der Waals surface area contributed by atoms with Gasteiger partial charge in [0.05, 0.1) is 17.6 Å². The number of ether oxygens (including phenoxy) is 1. The van der Waals surface area contributed by atoms with E-state index >= 15 is 0 Å². The summed E-state index contributed by atoms with van der Waals surface area (Å²) in [7, 11) is 0. The third-order valence-corrected chi connectivity index (χ3v) is 2.48. The molecule has 2 heterocycles. The SMILES string of the molecule is Cc1ncc(OC[C@H]2CCN2)cc1N. The number of nitrogen functional groups attached to an aromatic ring is 1. The predicted octanol–water partition coefficient (Wildman–Crippen LogP) is 0.713. The average Bonchev–Trinajstić information content (AvgIpc) is 2.08. The number of anilines is 1. The second-order valence-electron chi connectivity index (χ2n) is 3.60. The van der Waals surface area contributed by atoms with Gasteiger partial charge in [0.1, 0.15) is 12.4 Å². The van der Waals surface area contributed by atoms with Crippen LogP contribution in [-0.2, 0) is 0 Å². The van der Waals surface area contributed by atoms with E-state index in [9.17, 15) is 0 Å². The first-order chi connectivity index (χ1) is 6.75. The Morgan fingerprint density at radius 1 is 1.71 bits per heavy atom. The van der Waals surface area contributed by atoms with E-state index in [1.807, 2.05) is 13.0 Å². The zero-order chi connectivity index (χ0) is 9.97. The quantitative estimate of drug-likeness (QED) is 0.742. The number of hydrogen-bond donors (Lipinski definition) is 2. The lowest BCUT2D eigenvalue weighted by molar-refractivity contribution is 0.217. The highest BCUT2D eigenvalue weighted by molar-refractivity contribution is 5.46. The van der Waals surface area contributed by atoms with Crippen LogP contribution in [0, 0.1) is 6.92 Å². The highest BCUT2D eigenvalue weighted by Crippen LogP contribution is 2.17. The molecule has 1 aromatic rings. The average molecular weight is 193 g/mol. The molecule has 4 nitrogen and oxygen atoms in total. The molecule has 1 aliphatic heterocycles. The van der Waals surface area contributed by atoms with E-state index in [-0.39, 0.29) is 0 Å².